The number of anilines is 3. The van der Waals surface area contributed by atoms with Gasteiger partial charge in [-0.2, -0.15) is 0 Å². The van der Waals surface area contributed by atoms with Crippen molar-refractivity contribution in [2.45, 2.75) is 13.5 Å². The van der Waals surface area contributed by atoms with Crippen LogP contribution >= 0.6 is 22.9 Å². The molecule has 190 valence electrons. The van der Waals surface area contributed by atoms with E-state index in [9.17, 15) is 4.79 Å². The van der Waals surface area contributed by atoms with Crippen molar-refractivity contribution in [2.75, 3.05) is 43.9 Å². The monoisotopic (exact) mass is 531 g/mol. The molecule has 0 saturated carbocycles. The summed E-state index contributed by atoms with van der Waals surface area (Å²) in [6.07, 6.45) is 0. The Morgan fingerprint density at radius 2 is 1.73 bits per heavy atom. The second kappa shape index (κ2) is 11.4. The fraction of sp³-hybridized carbons (Fsp3) is 0.241. The van der Waals surface area contributed by atoms with E-state index in [-0.39, 0.29) is 5.91 Å². The maximum absolute atomic E-state index is 12.9. The molecule has 1 saturated heterocycles. The Kier molecular flexibility index (Phi) is 7.86. The summed E-state index contributed by atoms with van der Waals surface area (Å²) in [5, 5.41) is 9.93. The summed E-state index contributed by atoms with van der Waals surface area (Å²) in [5.74, 6) is -0.125. The van der Waals surface area contributed by atoms with Crippen LogP contribution in [0.4, 0.5) is 16.5 Å². The van der Waals surface area contributed by atoms with Crippen LogP contribution in [0.25, 0.3) is 11.3 Å². The summed E-state index contributed by atoms with van der Waals surface area (Å²) in [5.41, 5.74) is 6.47. The van der Waals surface area contributed by atoms with Crippen molar-refractivity contribution >= 4 is 45.4 Å². The van der Waals surface area contributed by atoms with Gasteiger partial charge in [-0.1, -0.05) is 41.9 Å². The molecule has 1 aliphatic heterocycles. The van der Waals surface area contributed by atoms with Crippen molar-refractivity contribution < 1.29 is 4.79 Å². The highest BCUT2D eigenvalue weighted by Crippen LogP contribution is 2.30. The zero-order valence-electron chi connectivity index (χ0n) is 21.0. The molecule has 2 N–H and O–H groups in total. The maximum Gasteiger partial charge on any atom is 0.255 e. The topological polar surface area (TPSA) is 60.5 Å². The van der Waals surface area contributed by atoms with Crippen LogP contribution in [-0.4, -0.2) is 53.9 Å². The number of nitrogens with zero attached hydrogens (tertiary/aromatic N) is 3. The zero-order chi connectivity index (χ0) is 25.8. The number of hydrogen-bond donors (Lipinski definition) is 2. The number of amides is 1. The van der Waals surface area contributed by atoms with Crippen molar-refractivity contribution in [3.05, 3.63) is 93.8 Å². The van der Waals surface area contributed by atoms with Gasteiger partial charge in [0.1, 0.15) is 0 Å². The quantitative estimate of drug-likeness (QED) is 0.284. The standard InChI is InChI=1S/C29H30ClN5OS/c1-20-3-12-25(17-26(20)32-29-33-27(19-37-29)22-8-10-24(30)11-9-22)31-28(36)23-6-4-21(5-7-23)18-35-15-13-34(2)14-16-35/h3-12,17,19H,13-16,18H2,1-2H3,(H,31,36)(H,32,33). The van der Waals surface area contributed by atoms with Gasteiger partial charge in [-0.15, -0.1) is 11.3 Å². The Bertz CT molecular complexity index is 1360. The fourth-order valence-corrected chi connectivity index (χ4v) is 5.12. The highest BCUT2D eigenvalue weighted by molar-refractivity contribution is 7.14. The number of thiazole rings is 1. The molecule has 0 bridgehead atoms. The molecule has 0 atom stereocenters. The lowest BCUT2D eigenvalue weighted by Crippen LogP contribution is -2.43. The lowest BCUT2D eigenvalue weighted by molar-refractivity contribution is 0.102. The summed E-state index contributed by atoms with van der Waals surface area (Å²) >= 11 is 7.54. The normalized spacial score (nSPS) is 14.5. The minimum Gasteiger partial charge on any atom is -0.331 e. The molecule has 6 nitrogen and oxygen atoms in total. The molecular weight excluding hydrogens is 502 g/mol. The van der Waals surface area contributed by atoms with E-state index in [2.05, 4.69) is 39.6 Å². The average molecular weight is 532 g/mol. The van der Waals surface area contributed by atoms with Gasteiger partial charge in [0.2, 0.25) is 0 Å². The molecule has 0 radical (unpaired) electrons. The number of piperazine rings is 1. The minimum atomic E-state index is -0.125. The predicted molar refractivity (Wildman–Crippen MR) is 154 cm³/mol. The van der Waals surface area contributed by atoms with Gasteiger partial charge in [-0.3, -0.25) is 9.69 Å². The predicted octanol–water partition coefficient (Wildman–Crippen LogP) is 6.52. The number of likely N-dealkylation sites (N-methyl/N-ethyl adjacent to an activating group) is 1. The second-order valence-corrected chi connectivity index (χ2v) is 10.7. The average Bonchev–Trinajstić information content (AvgIpc) is 3.37. The summed E-state index contributed by atoms with van der Waals surface area (Å²) in [7, 11) is 2.16. The van der Waals surface area contributed by atoms with E-state index in [1.54, 1.807) is 0 Å². The largest absolute Gasteiger partial charge is 0.331 e. The third-order valence-corrected chi connectivity index (χ3v) is 7.61. The number of nitrogens with one attached hydrogen (secondary N) is 2. The lowest BCUT2D eigenvalue weighted by atomic mass is 10.1. The fourth-order valence-electron chi connectivity index (χ4n) is 4.26. The molecule has 37 heavy (non-hydrogen) atoms. The van der Waals surface area contributed by atoms with Crippen LogP contribution in [0.1, 0.15) is 21.5 Å². The van der Waals surface area contributed by atoms with Crippen molar-refractivity contribution in [3.8, 4) is 11.3 Å². The van der Waals surface area contributed by atoms with E-state index in [0.717, 1.165) is 66.1 Å². The van der Waals surface area contributed by atoms with E-state index in [4.69, 9.17) is 16.6 Å². The molecule has 2 heterocycles. The molecular formula is C29H30ClN5OS. The third-order valence-electron chi connectivity index (χ3n) is 6.60. The molecule has 8 heteroatoms. The smallest absolute Gasteiger partial charge is 0.255 e. The first-order valence-electron chi connectivity index (χ1n) is 12.3. The lowest BCUT2D eigenvalue weighted by Gasteiger charge is -2.32. The van der Waals surface area contributed by atoms with E-state index < -0.39 is 0 Å². The first-order valence-corrected chi connectivity index (χ1v) is 13.6. The number of halogens is 1. The van der Waals surface area contributed by atoms with Crippen molar-refractivity contribution in [1.82, 2.24) is 14.8 Å². The Morgan fingerprint density at radius 1 is 1.00 bits per heavy atom. The highest BCUT2D eigenvalue weighted by Gasteiger charge is 2.14. The number of benzene rings is 3. The Labute approximate surface area is 226 Å². The molecule has 1 aliphatic rings. The Morgan fingerprint density at radius 3 is 2.46 bits per heavy atom. The van der Waals surface area contributed by atoms with Crippen molar-refractivity contribution in [3.63, 3.8) is 0 Å². The number of carbonyl (C=O) groups excluding carboxylic acids is 1. The molecule has 4 aromatic rings. The van der Waals surface area contributed by atoms with E-state index in [1.165, 1.54) is 16.9 Å². The molecule has 3 aromatic carbocycles. The number of carbonyl (C=O) groups is 1. The third kappa shape index (κ3) is 6.56. The number of aromatic nitrogens is 1. The van der Waals surface area contributed by atoms with E-state index in [0.29, 0.717) is 10.6 Å². The van der Waals surface area contributed by atoms with Gasteiger partial charge in [0, 0.05) is 65.6 Å². The van der Waals surface area contributed by atoms with Gasteiger partial charge in [0.15, 0.2) is 5.13 Å². The van der Waals surface area contributed by atoms with Crippen molar-refractivity contribution in [2.24, 2.45) is 0 Å². The van der Waals surface area contributed by atoms with Gasteiger partial charge in [-0.05, 0) is 61.5 Å². The van der Waals surface area contributed by atoms with Crippen LogP contribution in [0.5, 0.6) is 0 Å². The molecule has 5 rings (SSSR count). The van der Waals surface area contributed by atoms with Gasteiger partial charge in [-0.25, -0.2) is 4.98 Å². The number of rotatable bonds is 7. The van der Waals surface area contributed by atoms with Crippen LogP contribution in [-0.2, 0) is 6.54 Å². The van der Waals surface area contributed by atoms with Crippen LogP contribution in [0.2, 0.25) is 5.02 Å². The van der Waals surface area contributed by atoms with Crippen LogP contribution < -0.4 is 10.6 Å². The first-order chi connectivity index (χ1) is 17.9. The summed E-state index contributed by atoms with van der Waals surface area (Å²) in [4.78, 5) is 22.4. The van der Waals surface area contributed by atoms with Crippen LogP contribution in [0.15, 0.2) is 72.1 Å². The van der Waals surface area contributed by atoms with E-state index >= 15 is 0 Å². The number of aryl methyl sites for hydroxylation is 1. The molecule has 1 amide bonds. The van der Waals surface area contributed by atoms with Crippen LogP contribution in [0.3, 0.4) is 0 Å². The zero-order valence-corrected chi connectivity index (χ0v) is 22.6. The number of hydrogen-bond acceptors (Lipinski definition) is 6. The Hall–Kier alpha value is -3.23. The molecule has 0 unspecified atom stereocenters. The minimum absolute atomic E-state index is 0.125. The summed E-state index contributed by atoms with van der Waals surface area (Å²) < 4.78 is 0. The molecule has 1 aromatic heterocycles. The maximum atomic E-state index is 12.9. The first kappa shape index (κ1) is 25.4. The molecule has 0 spiro atoms. The highest BCUT2D eigenvalue weighted by atomic mass is 35.5. The summed E-state index contributed by atoms with van der Waals surface area (Å²) in [6, 6.07) is 21.4. The Balaban J connectivity index is 1.21. The van der Waals surface area contributed by atoms with Gasteiger partial charge >= 0.3 is 0 Å². The van der Waals surface area contributed by atoms with Gasteiger partial charge in [0.25, 0.3) is 5.91 Å². The second-order valence-electron chi connectivity index (χ2n) is 9.43. The summed E-state index contributed by atoms with van der Waals surface area (Å²) in [6.45, 7) is 7.29. The molecule has 0 aliphatic carbocycles. The van der Waals surface area contributed by atoms with E-state index in [1.807, 2.05) is 66.9 Å². The SMILES string of the molecule is Cc1ccc(NC(=O)c2ccc(CN3CCN(C)CC3)cc2)cc1Nc1nc(-c2ccc(Cl)cc2)cs1. The van der Waals surface area contributed by atoms with Gasteiger partial charge < -0.3 is 15.5 Å². The van der Waals surface area contributed by atoms with Crippen LogP contribution in [0, 0.1) is 6.92 Å². The van der Waals surface area contributed by atoms with Gasteiger partial charge in [0.05, 0.1) is 5.69 Å². The van der Waals surface area contributed by atoms with Crippen molar-refractivity contribution in [1.29, 1.82) is 0 Å². The molecule has 1 fully saturated rings.